The summed E-state index contributed by atoms with van der Waals surface area (Å²) in [4.78, 5) is 15.7. The van der Waals surface area contributed by atoms with Crippen LogP contribution in [0, 0.1) is 0 Å². The van der Waals surface area contributed by atoms with Crippen molar-refractivity contribution in [3.63, 3.8) is 0 Å². The maximum atomic E-state index is 6.59. The summed E-state index contributed by atoms with van der Waals surface area (Å²) in [5.74, 6) is 3.62. The molecule has 12 rings (SSSR count). The van der Waals surface area contributed by atoms with Gasteiger partial charge in [0.15, 0.2) is 17.5 Å². The maximum Gasteiger partial charge on any atom is 0.164 e. The first-order chi connectivity index (χ1) is 27.8. The minimum atomic E-state index is -0.590. The van der Waals surface area contributed by atoms with Gasteiger partial charge in [-0.1, -0.05) is 164 Å². The smallest absolute Gasteiger partial charge is 0.164 e. The third-order valence-corrected chi connectivity index (χ3v) is 11.8. The van der Waals surface area contributed by atoms with E-state index in [0.717, 1.165) is 39.3 Å². The first kappa shape index (κ1) is 31.0. The number of benzene rings is 9. The Hall–Kier alpha value is -7.43. The zero-order valence-corrected chi connectivity index (χ0v) is 30.1. The Kier molecular flexibility index (Phi) is 6.52. The minimum Gasteiger partial charge on any atom is -0.457 e. The maximum absolute atomic E-state index is 6.59. The summed E-state index contributed by atoms with van der Waals surface area (Å²) in [5, 5.41) is 7.32. The van der Waals surface area contributed by atoms with Gasteiger partial charge in [0.25, 0.3) is 0 Å². The summed E-state index contributed by atoms with van der Waals surface area (Å²) in [6.07, 6.45) is 0. The molecule has 0 amide bonds. The molecule has 4 heteroatoms. The van der Waals surface area contributed by atoms with E-state index in [-0.39, 0.29) is 0 Å². The van der Waals surface area contributed by atoms with E-state index in [0.29, 0.717) is 17.5 Å². The molecule has 0 radical (unpaired) electrons. The monoisotopic (exact) mass is 713 g/mol. The first-order valence-electron chi connectivity index (χ1n) is 19.0. The first-order valence-corrected chi connectivity index (χ1v) is 19.0. The Labute approximate surface area is 323 Å². The second-order valence-electron chi connectivity index (χ2n) is 14.7. The van der Waals surface area contributed by atoms with Gasteiger partial charge in [-0.05, 0) is 78.8 Å². The quantitative estimate of drug-likeness (QED) is 0.171. The highest BCUT2D eigenvalue weighted by atomic mass is 16.5. The van der Waals surface area contributed by atoms with Crippen molar-refractivity contribution in [3.05, 3.63) is 210 Å². The van der Waals surface area contributed by atoms with Gasteiger partial charge in [-0.3, -0.25) is 0 Å². The molecule has 0 bridgehead atoms. The van der Waals surface area contributed by atoms with Crippen molar-refractivity contribution >= 4 is 32.3 Å². The summed E-state index contributed by atoms with van der Waals surface area (Å²) in [7, 11) is 0. The topological polar surface area (TPSA) is 47.9 Å². The third kappa shape index (κ3) is 4.32. The van der Waals surface area contributed by atoms with Crippen molar-refractivity contribution in [2.45, 2.75) is 5.41 Å². The van der Waals surface area contributed by atoms with E-state index in [1.807, 2.05) is 30.3 Å². The Balaban J connectivity index is 1.11. The fourth-order valence-electron chi connectivity index (χ4n) is 9.39. The van der Waals surface area contributed by atoms with Gasteiger partial charge < -0.3 is 4.74 Å². The van der Waals surface area contributed by atoms with Gasteiger partial charge in [-0.15, -0.1) is 0 Å². The van der Waals surface area contributed by atoms with Crippen LogP contribution in [-0.2, 0) is 5.41 Å². The Morgan fingerprint density at radius 1 is 0.304 bits per heavy atom. The third-order valence-electron chi connectivity index (χ3n) is 11.8. The van der Waals surface area contributed by atoms with Crippen molar-refractivity contribution in [3.8, 4) is 56.8 Å². The Morgan fingerprint density at radius 3 is 1.39 bits per heavy atom. The summed E-state index contributed by atoms with van der Waals surface area (Å²) in [5.41, 5.74) is 9.31. The molecular weight excluding hydrogens is 683 g/mol. The van der Waals surface area contributed by atoms with E-state index in [9.17, 15) is 0 Å². The van der Waals surface area contributed by atoms with Crippen molar-refractivity contribution in [2.75, 3.05) is 0 Å². The predicted molar refractivity (Wildman–Crippen MR) is 226 cm³/mol. The zero-order chi connectivity index (χ0) is 36.8. The highest BCUT2D eigenvalue weighted by Crippen LogP contribution is 2.62. The molecule has 0 fully saturated rings. The number of hydrogen-bond donors (Lipinski definition) is 0. The molecule has 0 saturated heterocycles. The second kappa shape index (κ2) is 11.8. The minimum absolute atomic E-state index is 0.590. The average Bonchev–Trinajstić information content (AvgIpc) is 3.56. The molecule has 56 heavy (non-hydrogen) atoms. The summed E-state index contributed by atoms with van der Waals surface area (Å²) in [6, 6.07) is 66.6. The standard InChI is InChI=1S/C52H31N3O/c1-2-14-32(15-3-1)49-53-50(33-26-28-39-37-18-5-4-16-35(37)36-17-6-7-19-38(36)42(39)30-33)55-51(54-49)34-27-29-41-40-20-8-9-21-43(40)52(46(41)31-34)44-22-10-12-24-47(44)56-48-25-13-11-23-45(48)52/h1-31H. The van der Waals surface area contributed by atoms with Gasteiger partial charge in [-0.2, -0.15) is 0 Å². The molecule has 260 valence electrons. The highest BCUT2D eigenvalue weighted by Gasteiger charge is 2.51. The molecule has 0 N–H and O–H groups in total. The van der Waals surface area contributed by atoms with Crippen molar-refractivity contribution < 1.29 is 4.74 Å². The molecule has 0 unspecified atom stereocenters. The summed E-state index contributed by atoms with van der Waals surface area (Å²) in [6.45, 7) is 0. The van der Waals surface area contributed by atoms with Gasteiger partial charge in [0, 0.05) is 27.8 Å². The van der Waals surface area contributed by atoms with Gasteiger partial charge in [-0.25, -0.2) is 15.0 Å². The van der Waals surface area contributed by atoms with Crippen LogP contribution < -0.4 is 4.74 Å². The van der Waals surface area contributed by atoms with E-state index in [1.54, 1.807) is 0 Å². The van der Waals surface area contributed by atoms with Crippen molar-refractivity contribution in [1.82, 2.24) is 15.0 Å². The molecule has 2 heterocycles. The van der Waals surface area contributed by atoms with Gasteiger partial charge >= 0.3 is 0 Å². The SMILES string of the molecule is c1ccc(-c2nc(-c3ccc4c(c3)C3(c5ccccc5Oc5ccccc53)c3ccccc3-4)nc(-c3ccc4c5ccccc5c5ccccc5c4c3)n2)cc1. The van der Waals surface area contributed by atoms with Crippen LogP contribution in [0.1, 0.15) is 22.3 Å². The van der Waals surface area contributed by atoms with Crippen LogP contribution in [0.15, 0.2) is 188 Å². The average molecular weight is 714 g/mol. The fraction of sp³-hybridized carbons (Fsp3) is 0.0192. The van der Waals surface area contributed by atoms with Gasteiger partial charge in [0.05, 0.1) is 5.41 Å². The van der Waals surface area contributed by atoms with E-state index in [1.165, 1.54) is 54.6 Å². The van der Waals surface area contributed by atoms with E-state index >= 15 is 0 Å². The molecule has 2 aliphatic rings. The fourth-order valence-corrected chi connectivity index (χ4v) is 9.39. The largest absolute Gasteiger partial charge is 0.457 e. The Bertz CT molecular complexity index is 3160. The number of ether oxygens (including phenoxy) is 1. The molecule has 0 saturated carbocycles. The van der Waals surface area contributed by atoms with E-state index < -0.39 is 5.41 Å². The summed E-state index contributed by atoms with van der Waals surface area (Å²) >= 11 is 0. The van der Waals surface area contributed by atoms with Gasteiger partial charge in [0.2, 0.25) is 0 Å². The molecule has 10 aromatic rings. The zero-order valence-electron chi connectivity index (χ0n) is 30.1. The molecule has 1 aromatic heterocycles. The number of para-hydroxylation sites is 2. The van der Waals surface area contributed by atoms with Crippen LogP contribution in [0.5, 0.6) is 11.5 Å². The Morgan fingerprint density at radius 2 is 0.750 bits per heavy atom. The van der Waals surface area contributed by atoms with Crippen LogP contribution >= 0.6 is 0 Å². The van der Waals surface area contributed by atoms with Crippen molar-refractivity contribution in [2.24, 2.45) is 0 Å². The predicted octanol–water partition coefficient (Wildman–Crippen LogP) is 12.8. The van der Waals surface area contributed by atoms with Crippen molar-refractivity contribution in [1.29, 1.82) is 0 Å². The molecule has 1 aliphatic carbocycles. The molecule has 1 aliphatic heterocycles. The van der Waals surface area contributed by atoms with Crippen LogP contribution in [0.2, 0.25) is 0 Å². The number of aromatic nitrogens is 3. The lowest BCUT2D eigenvalue weighted by atomic mass is 9.66. The van der Waals surface area contributed by atoms with E-state index in [4.69, 9.17) is 19.7 Å². The lowest BCUT2D eigenvalue weighted by molar-refractivity contribution is 0.436. The highest BCUT2D eigenvalue weighted by molar-refractivity contribution is 6.25. The second-order valence-corrected chi connectivity index (χ2v) is 14.7. The molecule has 4 nitrogen and oxygen atoms in total. The van der Waals surface area contributed by atoms with Crippen LogP contribution in [-0.4, -0.2) is 15.0 Å². The molecule has 0 atom stereocenters. The molecule has 9 aromatic carbocycles. The lowest BCUT2D eigenvalue weighted by Gasteiger charge is -2.39. The number of fused-ring (bicyclic) bond motifs is 15. The number of rotatable bonds is 3. The van der Waals surface area contributed by atoms with E-state index in [2.05, 4.69) is 158 Å². The number of nitrogens with zero attached hydrogens (tertiary/aromatic N) is 3. The van der Waals surface area contributed by atoms with Gasteiger partial charge in [0.1, 0.15) is 11.5 Å². The van der Waals surface area contributed by atoms with Crippen LogP contribution in [0.25, 0.3) is 77.6 Å². The number of hydrogen-bond acceptors (Lipinski definition) is 4. The van der Waals surface area contributed by atoms with Crippen LogP contribution in [0.4, 0.5) is 0 Å². The lowest BCUT2D eigenvalue weighted by Crippen LogP contribution is -2.32. The normalized spacial score (nSPS) is 13.3. The molecule has 1 spiro atoms. The molecular formula is C52H31N3O. The van der Waals surface area contributed by atoms with Crippen LogP contribution in [0.3, 0.4) is 0 Å². The summed E-state index contributed by atoms with van der Waals surface area (Å²) < 4.78 is 6.59.